The Morgan fingerprint density at radius 1 is 0.769 bits per heavy atom. The Hall–Kier alpha value is -2.58. The first kappa shape index (κ1) is 16.9. The third-order valence-corrected chi connectivity index (χ3v) is 5.20. The number of ether oxygens (including phenoxy) is 2. The van der Waals surface area contributed by atoms with Crippen LogP contribution in [-0.2, 0) is 11.3 Å². The summed E-state index contributed by atoms with van der Waals surface area (Å²) in [5, 5.41) is 0. The van der Waals surface area contributed by atoms with E-state index in [0.29, 0.717) is 24.4 Å². The molecule has 2 heteroatoms. The summed E-state index contributed by atoms with van der Waals surface area (Å²) in [5.41, 5.74) is 2.58. The maximum absolute atomic E-state index is 6.02. The van der Waals surface area contributed by atoms with Crippen LogP contribution in [0.3, 0.4) is 0 Å². The lowest BCUT2D eigenvalue weighted by molar-refractivity contribution is 0.107. The molecule has 26 heavy (non-hydrogen) atoms. The molecule has 2 nitrogen and oxygen atoms in total. The van der Waals surface area contributed by atoms with Gasteiger partial charge in [0.05, 0.1) is 13.2 Å². The molecule has 0 N–H and O–H groups in total. The standard InChI is InChI=1S/C24H24O2/c1-18-23(24(18)20-10-4-2-5-11-20)17-25-16-19-9-8-14-22(15-19)26-21-12-6-3-7-13-21/h2-15,18,23-24H,16-17H2,1H3. The van der Waals surface area contributed by atoms with Crippen molar-refractivity contribution in [3.05, 3.63) is 96.1 Å². The molecule has 0 saturated heterocycles. The molecule has 4 rings (SSSR count). The van der Waals surface area contributed by atoms with Gasteiger partial charge in [-0.25, -0.2) is 0 Å². The van der Waals surface area contributed by atoms with Gasteiger partial charge in [-0.1, -0.05) is 67.6 Å². The summed E-state index contributed by atoms with van der Waals surface area (Å²) in [6.07, 6.45) is 0. The normalized spacial score (nSPS) is 21.3. The fraction of sp³-hybridized carbons (Fsp3) is 0.250. The van der Waals surface area contributed by atoms with E-state index in [0.717, 1.165) is 23.7 Å². The van der Waals surface area contributed by atoms with Gasteiger partial charge in [0.15, 0.2) is 0 Å². The van der Waals surface area contributed by atoms with E-state index >= 15 is 0 Å². The first-order valence-corrected chi connectivity index (χ1v) is 9.26. The van der Waals surface area contributed by atoms with E-state index < -0.39 is 0 Å². The van der Waals surface area contributed by atoms with E-state index in [1.807, 2.05) is 42.5 Å². The molecule has 0 spiro atoms. The molecule has 3 aromatic carbocycles. The highest BCUT2D eigenvalue weighted by Gasteiger charge is 2.47. The van der Waals surface area contributed by atoms with Gasteiger partial charge in [-0.2, -0.15) is 0 Å². The minimum atomic E-state index is 0.622. The van der Waals surface area contributed by atoms with Gasteiger partial charge in [-0.05, 0) is 53.1 Å². The predicted molar refractivity (Wildman–Crippen MR) is 104 cm³/mol. The summed E-state index contributed by atoms with van der Waals surface area (Å²) < 4.78 is 11.9. The van der Waals surface area contributed by atoms with Gasteiger partial charge >= 0.3 is 0 Å². The predicted octanol–water partition coefficient (Wildman–Crippen LogP) is 6.05. The first-order valence-electron chi connectivity index (χ1n) is 9.26. The molecule has 0 radical (unpaired) electrons. The van der Waals surface area contributed by atoms with Gasteiger partial charge < -0.3 is 9.47 Å². The van der Waals surface area contributed by atoms with E-state index in [1.165, 1.54) is 5.56 Å². The second-order valence-electron chi connectivity index (χ2n) is 7.04. The van der Waals surface area contributed by atoms with Gasteiger partial charge in [0, 0.05) is 0 Å². The zero-order valence-corrected chi connectivity index (χ0v) is 15.0. The summed E-state index contributed by atoms with van der Waals surface area (Å²) in [4.78, 5) is 0. The second kappa shape index (κ2) is 7.76. The number of benzene rings is 3. The minimum Gasteiger partial charge on any atom is -0.457 e. The maximum Gasteiger partial charge on any atom is 0.127 e. The van der Waals surface area contributed by atoms with Gasteiger partial charge in [-0.3, -0.25) is 0 Å². The van der Waals surface area contributed by atoms with Gasteiger partial charge in [-0.15, -0.1) is 0 Å². The second-order valence-corrected chi connectivity index (χ2v) is 7.04. The third-order valence-electron chi connectivity index (χ3n) is 5.20. The van der Waals surface area contributed by atoms with Gasteiger partial charge in [0.2, 0.25) is 0 Å². The van der Waals surface area contributed by atoms with Crippen molar-refractivity contribution in [3.63, 3.8) is 0 Å². The Morgan fingerprint density at radius 2 is 1.46 bits per heavy atom. The van der Waals surface area contributed by atoms with E-state index in [9.17, 15) is 0 Å². The lowest BCUT2D eigenvalue weighted by Gasteiger charge is -2.08. The van der Waals surface area contributed by atoms with E-state index in [1.54, 1.807) is 0 Å². The number of hydrogen-bond acceptors (Lipinski definition) is 2. The molecule has 0 bridgehead atoms. The van der Waals surface area contributed by atoms with Crippen molar-refractivity contribution >= 4 is 0 Å². The molecular formula is C24H24O2. The highest BCUT2D eigenvalue weighted by atomic mass is 16.5. The van der Waals surface area contributed by atoms with Crippen LogP contribution < -0.4 is 4.74 Å². The molecule has 1 saturated carbocycles. The smallest absolute Gasteiger partial charge is 0.127 e. The van der Waals surface area contributed by atoms with Crippen LogP contribution in [0.2, 0.25) is 0 Å². The maximum atomic E-state index is 6.02. The van der Waals surface area contributed by atoms with Crippen molar-refractivity contribution in [1.29, 1.82) is 0 Å². The fourth-order valence-corrected chi connectivity index (χ4v) is 3.66. The Morgan fingerprint density at radius 3 is 2.23 bits per heavy atom. The van der Waals surface area contributed by atoms with Crippen LogP contribution >= 0.6 is 0 Å². The fourth-order valence-electron chi connectivity index (χ4n) is 3.66. The molecule has 0 amide bonds. The topological polar surface area (TPSA) is 18.5 Å². The van der Waals surface area contributed by atoms with E-state index in [-0.39, 0.29) is 0 Å². The summed E-state index contributed by atoms with van der Waals surface area (Å²) in [6, 6.07) is 28.8. The van der Waals surface area contributed by atoms with Crippen LogP contribution in [0.4, 0.5) is 0 Å². The van der Waals surface area contributed by atoms with Gasteiger partial charge in [0.1, 0.15) is 11.5 Å². The SMILES string of the molecule is CC1C(COCc2cccc(Oc3ccccc3)c2)C1c1ccccc1. The molecule has 1 aliphatic carbocycles. The van der Waals surface area contributed by atoms with Crippen LogP contribution in [0.1, 0.15) is 24.0 Å². The van der Waals surface area contributed by atoms with Crippen LogP contribution in [0.15, 0.2) is 84.9 Å². The minimum absolute atomic E-state index is 0.622. The summed E-state index contributed by atoms with van der Waals surface area (Å²) in [7, 11) is 0. The largest absolute Gasteiger partial charge is 0.457 e. The monoisotopic (exact) mass is 344 g/mol. The van der Waals surface area contributed by atoms with E-state index in [2.05, 4.69) is 49.4 Å². The lowest BCUT2D eigenvalue weighted by atomic mass is 10.1. The van der Waals surface area contributed by atoms with Gasteiger partial charge in [0.25, 0.3) is 0 Å². The molecule has 3 aromatic rings. The Labute approximate surface area is 155 Å². The highest BCUT2D eigenvalue weighted by Crippen LogP contribution is 2.53. The number of rotatable bonds is 7. The molecule has 0 heterocycles. The van der Waals surface area contributed by atoms with Crippen molar-refractivity contribution < 1.29 is 9.47 Å². The molecule has 1 aliphatic rings. The summed E-state index contributed by atoms with van der Waals surface area (Å²) in [5.74, 6) is 3.66. The van der Waals surface area contributed by atoms with Crippen molar-refractivity contribution in [3.8, 4) is 11.5 Å². The zero-order chi connectivity index (χ0) is 17.8. The first-order chi connectivity index (χ1) is 12.8. The Balaban J connectivity index is 1.30. The van der Waals surface area contributed by atoms with Crippen molar-refractivity contribution in [2.24, 2.45) is 11.8 Å². The Kier molecular flexibility index (Phi) is 5.03. The molecule has 1 fully saturated rings. The molecule has 132 valence electrons. The summed E-state index contributed by atoms with van der Waals surface area (Å²) >= 11 is 0. The summed E-state index contributed by atoms with van der Waals surface area (Å²) in [6.45, 7) is 3.75. The van der Waals surface area contributed by atoms with Crippen molar-refractivity contribution in [2.45, 2.75) is 19.4 Å². The number of hydrogen-bond donors (Lipinski definition) is 0. The zero-order valence-electron chi connectivity index (χ0n) is 15.0. The molecule has 3 unspecified atom stereocenters. The third kappa shape index (κ3) is 3.97. The van der Waals surface area contributed by atoms with Crippen LogP contribution in [0.5, 0.6) is 11.5 Å². The Bertz CT molecular complexity index is 829. The van der Waals surface area contributed by atoms with Crippen molar-refractivity contribution in [1.82, 2.24) is 0 Å². The lowest BCUT2D eigenvalue weighted by Crippen LogP contribution is -1.99. The van der Waals surface area contributed by atoms with Crippen LogP contribution in [0, 0.1) is 11.8 Å². The average Bonchev–Trinajstić information content (AvgIpc) is 3.33. The van der Waals surface area contributed by atoms with Crippen LogP contribution in [-0.4, -0.2) is 6.61 Å². The van der Waals surface area contributed by atoms with Crippen molar-refractivity contribution in [2.75, 3.05) is 6.61 Å². The van der Waals surface area contributed by atoms with E-state index in [4.69, 9.17) is 9.47 Å². The average molecular weight is 344 g/mol. The molecule has 0 aliphatic heterocycles. The molecule has 0 aromatic heterocycles. The molecule has 3 atom stereocenters. The molecular weight excluding hydrogens is 320 g/mol. The highest BCUT2D eigenvalue weighted by molar-refractivity contribution is 5.33. The quantitative estimate of drug-likeness (QED) is 0.520. The van der Waals surface area contributed by atoms with Crippen LogP contribution in [0.25, 0.3) is 0 Å². The number of para-hydroxylation sites is 1.